The van der Waals surface area contributed by atoms with E-state index in [-0.39, 0.29) is 24.4 Å². The lowest BCUT2D eigenvalue weighted by Crippen LogP contribution is -2.55. The Kier molecular flexibility index (Phi) is 9.40. The summed E-state index contributed by atoms with van der Waals surface area (Å²) in [5, 5.41) is 2.19. The molecule has 0 aromatic heterocycles. The Balaban J connectivity index is 3.21. The predicted molar refractivity (Wildman–Crippen MR) is 102 cm³/mol. The molecule has 1 aromatic rings. The maximum atomic E-state index is 6.13. The van der Waals surface area contributed by atoms with Crippen LogP contribution in [0.3, 0.4) is 0 Å². The number of benzene rings is 1. The van der Waals surface area contributed by atoms with Crippen LogP contribution in [0, 0.1) is 0 Å². The highest BCUT2D eigenvalue weighted by molar-refractivity contribution is 6.73. The van der Waals surface area contributed by atoms with Crippen LogP contribution in [0.4, 0.5) is 0 Å². The maximum Gasteiger partial charge on any atom is 0.424 e. The fourth-order valence-corrected chi connectivity index (χ4v) is 6.02. The van der Waals surface area contributed by atoms with Crippen LogP contribution >= 0.6 is 0 Å². The molecule has 0 aliphatic heterocycles. The Morgan fingerprint density at radius 3 is 1.00 bits per heavy atom. The fourth-order valence-electron chi connectivity index (χ4n) is 2.00. The van der Waals surface area contributed by atoms with E-state index in [1.807, 2.05) is 67.5 Å². The molecule has 0 spiro atoms. The van der Waals surface area contributed by atoms with Gasteiger partial charge in [-0.1, -0.05) is 24.3 Å². The monoisotopic (exact) mass is 368 g/mol. The van der Waals surface area contributed by atoms with E-state index in [0.29, 0.717) is 0 Å². The van der Waals surface area contributed by atoms with Crippen molar-refractivity contribution in [1.29, 1.82) is 0 Å². The van der Waals surface area contributed by atoms with Gasteiger partial charge in [0.25, 0.3) is 0 Å². The Morgan fingerprint density at radius 2 is 0.792 bits per heavy atom. The van der Waals surface area contributed by atoms with Gasteiger partial charge in [0.15, 0.2) is 0 Å². The van der Waals surface area contributed by atoms with E-state index in [1.54, 1.807) is 0 Å². The molecule has 0 heterocycles. The molecule has 136 valence electrons. The van der Waals surface area contributed by atoms with Crippen LogP contribution in [0.15, 0.2) is 24.3 Å². The Morgan fingerprint density at radius 1 is 0.542 bits per heavy atom. The molecule has 0 N–H and O–H groups in total. The summed E-state index contributed by atoms with van der Waals surface area (Å²) in [6.07, 6.45) is 0.439. The lowest BCUT2D eigenvalue weighted by atomic mass is 10.4. The van der Waals surface area contributed by atoms with E-state index in [0.717, 1.165) is 10.4 Å². The van der Waals surface area contributed by atoms with Crippen molar-refractivity contribution in [1.82, 2.24) is 0 Å². The van der Waals surface area contributed by atoms with E-state index in [2.05, 4.69) is 12.1 Å². The first kappa shape index (κ1) is 21.5. The van der Waals surface area contributed by atoms with Crippen LogP contribution in [-0.2, 0) is 17.7 Å². The summed E-state index contributed by atoms with van der Waals surface area (Å²) < 4.78 is 24.5. The molecule has 0 saturated carbocycles. The third-order valence-corrected chi connectivity index (χ3v) is 7.48. The first-order valence-electron chi connectivity index (χ1n) is 8.71. The van der Waals surface area contributed by atoms with Crippen molar-refractivity contribution in [2.24, 2.45) is 0 Å². The van der Waals surface area contributed by atoms with Gasteiger partial charge in [-0.2, -0.15) is 0 Å². The first-order valence-corrected chi connectivity index (χ1v) is 11.3. The molecule has 1 rings (SSSR count). The minimum absolute atomic E-state index is 0.110. The van der Waals surface area contributed by atoms with E-state index >= 15 is 0 Å². The molecule has 0 aliphatic carbocycles. The third kappa shape index (κ3) is 7.59. The summed E-state index contributed by atoms with van der Waals surface area (Å²) in [6.45, 7) is 16.3. The molecule has 1 aromatic carbocycles. The van der Waals surface area contributed by atoms with Gasteiger partial charge in [0, 0.05) is 24.4 Å². The summed E-state index contributed by atoms with van der Waals surface area (Å²) in [5.74, 6) is 0. The minimum Gasteiger partial charge on any atom is -0.387 e. The van der Waals surface area contributed by atoms with Gasteiger partial charge < -0.3 is 17.7 Å². The van der Waals surface area contributed by atoms with E-state index < -0.39 is 18.6 Å². The van der Waals surface area contributed by atoms with Gasteiger partial charge in [0.2, 0.25) is 0 Å². The van der Waals surface area contributed by atoms with Crippen LogP contribution in [-0.4, -0.2) is 43.0 Å². The zero-order chi connectivity index (χ0) is 18.3. The van der Waals surface area contributed by atoms with Crippen LogP contribution in [0.2, 0.25) is 0 Å². The van der Waals surface area contributed by atoms with Crippen molar-refractivity contribution in [3.05, 3.63) is 24.3 Å². The standard InChI is InChI=1S/C18H32O4Si2/c1-13(2)19-23(20-14(3)4)17-11-9-10-12-18(17)24(21-15(5)6)22-16(7)8/h9-16H,1-8H3. The normalized spacial score (nSPS) is 12.6. The van der Waals surface area contributed by atoms with Gasteiger partial charge in [0.1, 0.15) is 0 Å². The Labute approximate surface area is 151 Å². The van der Waals surface area contributed by atoms with Crippen molar-refractivity contribution in [2.45, 2.75) is 79.8 Å². The van der Waals surface area contributed by atoms with E-state index in [1.165, 1.54) is 0 Å². The largest absolute Gasteiger partial charge is 0.424 e. The second-order valence-corrected chi connectivity index (χ2v) is 9.96. The molecule has 0 amide bonds. The summed E-state index contributed by atoms with van der Waals surface area (Å²) in [4.78, 5) is 0. The second-order valence-electron chi connectivity index (χ2n) is 6.79. The molecule has 6 heteroatoms. The smallest absolute Gasteiger partial charge is 0.387 e. The molecule has 0 saturated heterocycles. The Hall–Kier alpha value is -0.506. The van der Waals surface area contributed by atoms with Gasteiger partial charge >= 0.3 is 18.6 Å². The van der Waals surface area contributed by atoms with Crippen LogP contribution < -0.4 is 10.4 Å². The SMILES string of the molecule is CC(C)O[Si](OC(C)C)c1ccccc1[Si](OC(C)C)OC(C)C. The van der Waals surface area contributed by atoms with Crippen LogP contribution in [0.5, 0.6) is 0 Å². The fraction of sp³-hybridized carbons (Fsp3) is 0.667. The highest BCUT2D eigenvalue weighted by Gasteiger charge is 2.32. The van der Waals surface area contributed by atoms with Crippen molar-refractivity contribution >= 4 is 28.9 Å². The minimum atomic E-state index is -1.60. The number of hydrogen-bond acceptors (Lipinski definition) is 4. The van der Waals surface area contributed by atoms with E-state index in [9.17, 15) is 0 Å². The molecular weight excluding hydrogens is 336 g/mol. The van der Waals surface area contributed by atoms with Crippen LogP contribution in [0.1, 0.15) is 55.4 Å². The molecule has 4 nitrogen and oxygen atoms in total. The van der Waals surface area contributed by atoms with Gasteiger partial charge in [-0.3, -0.25) is 0 Å². The van der Waals surface area contributed by atoms with Crippen molar-refractivity contribution in [2.75, 3.05) is 0 Å². The second kappa shape index (κ2) is 10.5. The molecular formula is C18H32O4Si2. The van der Waals surface area contributed by atoms with Gasteiger partial charge in [0.05, 0.1) is 0 Å². The molecule has 0 aliphatic rings. The average molecular weight is 369 g/mol. The highest BCUT2D eigenvalue weighted by Crippen LogP contribution is 2.05. The first-order chi connectivity index (χ1) is 11.2. The summed E-state index contributed by atoms with van der Waals surface area (Å²) in [5.41, 5.74) is 0. The van der Waals surface area contributed by atoms with Crippen molar-refractivity contribution in [3.8, 4) is 0 Å². The average Bonchev–Trinajstić information content (AvgIpc) is 2.44. The number of hydrogen-bond donors (Lipinski definition) is 0. The molecule has 0 fully saturated rings. The summed E-state index contributed by atoms with van der Waals surface area (Å²) in [7, 11) is -3.20. The summed E-state index contributed by atoms with van der Waals surface area (Å²) >= 11 is 0. The number of rotatable bonds is 10. The third-order valence-electron chi connectivity index (χ3n) is 2.74. The molecule has 0 unspecified atom stereocenters. The molecule has 0 atom stereocenters. The maximum absolute atomic E-state index is 6.13. The zero-order valence-corrected chi connectivity index (χ0v) is 18.3. The predicted octanol–water partition coefficient (Wildman–Crippen LogP) is 2.78. The van der Waals surface area contributed by atoms with Gasteiger partial charge in [-0.15, -0.1) is 0 Å². The van der Waals surface area contributed by atoms with E-state index in [4.69, 9.17) is 17.7 Å². The van der Waals surface area contributed by atoms with Gasteiger partial charge in [-0.25, -0.2) is 0 Å². The van der Waals surface area contributed by atoms with Gasteiger partial charge in [-0.05, 0) is 65.8 Å². The molecule has 0 bridgehead atoms. The lowest BCUT2D eigenvalue weighted by molar-refractivity contribution is 0.135. The molecule has 24 heavy (non-hydrogen) atoms. The Bertz CT molecular complexity index is 415. The summed E-state index contributed by atoms with van der Waals surface area (Å²) in [6, 6.07) is 8.24. The quantitative estimate of drug-likeness (QED) is 0.595. The zero-order valence-electron chi connectivity index (χ0n) is 16.3. The molecule has 2 radical (unpaired) electrons. The lowest BCUT2D eigenvalue weighted by Gasteiger charge is -2.26. The topological polar surface area (TPSA) is 36.9 Å². The van der Waals surface area contributed by atoms with Crippen molar-refractivity contribution < 1.29 is 17.7 Å². The van der Waals surface area contributed by atoms with Crippen LogP contribution in [0.25, 0.3) is 0 Å². The highest BCUT2D eigenvalue weighted by atomic mass is 28.3. The van der Waals surface area contributed by atoms with Crippen molar-refractivity contribution in [3.63, 3.8) is 0 Å².